The normalized spacial score (nSPS) is 62.8. The predicted octanol–water partition coefficient (Wildman–Crippen LogP) is 2.74. The van der Waals surface area contributed by atoms with Gasteiger partial charge in [-0.2, -0.15) is 0 Å². The van der Waals surface area contributed by atoms with Gasteiger partial charge in [-0.15, -0.1) is 0 Å². The molecule has 4 fully saturated rings. The molecule has 1 spiro atoms. The standard InChI is InChI=1S/C12H18O/c1-3-8-7-11-12(13-11)6-2-5-10(12)9(8)4-1/h8-11H,1-7H2/t8-,9-,10+,11-,12+/m1/s1. The number of epoxide rings is 1. The third-order valence-electron chi connectivity index (χ3n) is 5.31. The Kier molecular flexibility index (Phi) is 1.19. The minimum atomic E-state index is 0.450. The molecule has 0 aromatic rings. The lowest BCUT2D eigenvalue weighted by Gasteiger charge is -2.32. The van der Waals surface area contributed by atoms with Crippen molar-refractivity contribution >= 4 is 0 Å². The molecule has 0 unspecified atom stereocenters. The van der Waals surface area contributed by atoms with Crippen LogP contribution in [-0.4, -0.2) is 11.7 Å². The zero-order valence-electron chi connectivity index (χ0n) is 8.17. The fourth-order valence-electron chi connectivity index (χ4n) is 4.79. The summed E-state index contributed by atoms with van der Waals surface area (Å²) in [7, 11) is 0. The average molecular weight is 178 g/mol. The van der Waals surface area contributed by atoms with E-state index in [2.05, 4.69) is 0 Å². The summed E-state index contributed by atoms with van der Waals surface area (Å²) in [5.41, 5.74) is 0.450. The first-order valence-electron chi connectivity index (χ1n) is 6.08. The van der Waals surface area contributed by atoms with E-state index in [1.165, 1.54) is 44.9 Å². The third-order valence-corrected chi connectivity index (χ3v) is 5.31. The van der Waals surface area contributed by atoms with E-state index in [1.807, 2.05) is 0 Å². The topological polar surface area (TPSA) is 12.5 Å². The van der Waals surface area contributed by atoms with Crippen molar-refractivity contribution in [3.05, 3.63) is 0 Å². The largest absolute Gasteiger partial charge is 0.366 e. The van der Waals surface area contributed by atoms with Crippen molar-refractivity contribution in [2.75, 3.05) is 0 Å². The third kappa shape index (κ3) is 0.743. The van der Waals surface area contributed by atoms with Gasteiger partial charge in [0.25, 0.3) is 0 Å². The van der Waals surface area contributed by atoms with Gasteiger partial charge in [-0.25, -0.2) is 0 Å². The molecule has 1 aliphatic heterocycles. The van der Waals surface area contributed by atoms with Gasteiger partial charge in [-0.05, 0) is 43.4 Å². The first-order valence-corrected chi connectivity index (χ1v) is 6.08. The zero-order chi connectivity index (χ0) is 8.47. The highest BCUT2D eigenvalue weighted by atomic mass is 16.6. The van der Waals surface area contributed by atoms with Gasteiger partial charge in [0.15, 0.2) is 0 Å². The van der Waals surface area contributed by atoms with Crippen molar-refractivity contribution in [3.8, 4) is 0 Å². The highest BCUT2D eigenvalue weighted by Crippen LogP contribution is 2.65. The van der Waals surface area contributed by atoms with Crippen LogP contribution in [-0.2, 0) is 4.74 Å². The van der Waals surface area contributed by atoms with Crippen molar-refractivity contribution in [1.29, 1.82) is 0 Å². The molecule has 13 heavy (non-hydrogen) atoms. The molecule has 0 aromatic carbocycles. The summed E-state index contributed by atoms with van der Waals surface area (Å²) in [5, 5.41) is 0. The van der Waals surface area contributed by atoms with Crippen LogP contribution in [0.25, 0.3) is 0 Å². The van der Waals surface area contributed by atoms with E-state index in [0.29, 0.717) is 11.7 Å². The summed E-state index contributed by atoms with van der Waals surface area (Å²) in [6, 6.07) is 0. The Hall–Kier alpha value is -0.0400. The first kappa shape index (κ1) is 7.28. The predicted molar refractivity (Wildman–Crippen MR) is 50.4 cm³/mol. The molecule has 4 rings (SSSR count). The summed E-state index contributed by atoms with van der Waals surface area (Å²) in [6.07, 6.45) is 11.0. The van der Waals surface area contributed by atoms with Crippen LogP contribution in [0.2, 0.25) is 0 Å². The molecular formula is C12H18O. The molecule has 4 aliphatic rings. The second-order valence-corrected chi connectivity index (χ2v) is 5.65. The lowest BCUT2D eigenvalue weighted by molar-refractivity contribution is 0.157. The molecule has 0 bridgehead atoms. The van der Waals surface area contributed by atoms with Crippen LogP contribution in [0.4, 0.5) is 0 Å². The van der Waals surface area contributed by atoms with Crippen molar-refractivity contribution in [2.24, 2.45) is 17.8 Å². The van der Waals surface area contributed by atoms with Crippen molar-refractivity contribution in [3.63, 3.8) is 0 Å². The van der Waals surface area contributed by atoms with E-state index < -0.39 is 0 Å². The van der Waals surface area contributed by atoms with E-state index in [4.69, 9.17) is 4.74 Å². The van der Waals surface area contributed by atoms with Crippen molar-refractivity contribution in [1.82, 2.24) is 0 Å². The van der Waals surface area contributed by atoms with Gasteiger partial charge in [0.2, 0.25) is 0 Å². The summed E-state index contributed by atoms with van der Waals surface area (Å²) < 4.78 is 6.03. The molecule has 3 aliphatic carbocycles. The fraction of sp³-hybridized carbons (Fsp3) is 1.00. The van der Waals surface area contributed by atoms with Crippen LogP contribution in [0.3, 0.4) is 0 Å². The number of hydrogen-bond acceptors (Lipinski definition) is 1. The summed E-state index contributed by atoms with van der Waals surface area (Å²) in [4.78, 5) is 0. The molecule has 0 amide bonds. The molecule has 1 heteroatoms. The molecule has 72 valence electrons. The van der Waals surface area contributed by atoms with Gasteiger partial charge < -0.3 is 4.74 Å². The van der Waals surface area contributed by atoms with E-state index in [-0.39, 0.29) is 0 Å². The van der Waals surface area contributed by atoms with E-state index in [1.54, 1.807) is 0 Å². The second kappa shape index (κ2) is 2.13. The van der Waals surface area contributed by atoms with Crippen LogP contribution in [0.5, 0.6) is 0 Å². The zero-order valence-corrected chi connectivity index (χ0v) is 8.17. The van der Waals surface area contributed by atoms with Crippen LogP contribution < -0.4 is 0 Å². The minimum absolute atomic E-state index is 0.450. The smallest absolute Gasteiger partial charge is 0.0979 e. The Morgan fingerprint density at radius 3 is 3.08 bits per heavy atom. The molecule has 1 heterocycles. The maximum absolute atomic E-state index is 6.03. The van der Waals surface area contributed by atoms with Crippen molar-refractivity contribution in [2.45, 2.75) is 56.7 Å². The quantitative estimate of drug-likeness (QED) is 0.520. The van der Waals surface area contributed by atoms with E-state index >= 15 is 0 Å². The molecule has 1 nitrogen and oxygen atoms in total. The highest BCUT2D eigenvalue weighted by Gasteiger charge is 2.68. The Morgan fingerprint density at radius 2 is 2.08 bits per heavy atom. The van der Waals surface area contributed by atoms with Crippen LogP contribution in [0, 0.1) is 17.8 Å². The maximum atomic E-state index is 6.03. The van der Waals surface area contributed by atoms with Gasteiger partial charge in [-0.1, -0.05) is 19.3 Å². The van der Waals surface area contributed by atoms with Crippen LogP contribution in [0.1, 0.15) is 44.9 Å². The monoisotopic (exact) mass is 178 g/mol. The van der Waals surface area contributed by atoms with Crippen molar-refractivity contribution < 1.29 is 4.74 Å². The molecule has 3 saturated carbocycles. The Morgan fingerprint density at radius 1 is 1.08 bits per heavy atom. The van der Waals surface area contributed by atoms with Gasteiger partial charge in [0.1, 0.15) is 0 Å². The highest BCUT2D eigenvalue weighted by molar-refractivity contribution is 5.17. The number of hydrogen-bond donors (Lipinski definition) is 0. The lowest BCUT2D eigenvalue weighted by atomic mass is 9.69. The van der Waals surface area contributed by atoms with Gasteiger partial charge >= 0.3 is 0 Å². The molecule has 0 radical (unpaired) electrons. The summed E-state index contributed by atoms with van der Waals surface area (Å²) in [5.74, 6) is 3.11. The van der Waals surface area contributed by atoms with E-state index in [0.717, 1.165) is 17.8 Å². The maximum Gasteiger partial charge on any atom is 0.0979 e. The molecule has 0 N–H and O–H groups in total. The summed E-state index contributed by atoms with van der Waals surface area (Å²) >= 11 is 0. The number of ether oxygens (including phenoxy) is 1. The Bertz CT molecular complexity index is 250. The van der Waals surface area contributed by atoms with Gasteiger partial charge in [-0.3, -0.25) is 0 Å². The SMILES string of the molecule is C1C[C@@H]2C[C@H]3O[C@]34CCC[C@H]4[C@@H]2C1. The minimum Gasteiger partial charge on any atom is -0.366 e. The molecule has 5 atom stereocenters. The summed E-state index contributed by atoms with van der Waals surface area (Å²) in [6.45, 7) is 0. The number of rotatable bonds is 0. The fourth-order valence-corrected chi connectivity index (χ4v) is 4.79. The lowest BCUT2D eigenvalue weighted by Crippen LogP contribution is -2.35. The Labute approximate surface area is 79.8 Å². The van der Waals surface area contributed by atoms with Gasteiger partial charge in [0, 0.05) is 0 Å². The molecule has 0 aromatic heterocycles. The van der Waals surface area contributed by atoms with Crippen LogP contribution >= 0.6 is 0 Å². The molecule has 1 saturated heterocycles. The van der Waals surface area contributed by atoms with E-state index in [9.17, 15) is 0 Å². The Balaban J connectivity index is 1.72. The molecular weight excluding hydrogens is 160 g/mol. The van der Waals surface area contributed by atoms with Crippen LogP contribution in [0.15, 0.2) is 0 Å². The van der Waals surface area contributed by atoms with Gasteiger partial charge in [0.05, 0.1) is 11.7 Å². The second-order valence-electron chi connectivity index (χ2n) is 5.65. The average Bonchev–Trinajstić information content (AvgIpc) is 2.52. The number of fused-ring (bicyclic) bond motifs is 2. The first-order chi connectivity index (χ1) is 6.40.